The normalized spacial score (nSPS) is 10.9. The highest BCUT2D eigenvalue weighted by atomic mass is 35.5. The Balaban J connectivity index is 1.97. The van der Waals surface area contributed by atoms with E-state index < -0.39 is 0 Å². The number of aromatic amines is 2. The highest BCUT2D eigenvalue weighted by molar-refractivity contribution is 7.99. The van der Waals surface area contributed by atoms with Crippen molar-refractivity contribution >= 4 is 34.5 Å². The lowest BCUT2D eigenvalue weighted by molar-refractivity contribution is 1.20. The predicted molar refractivity (Wildman–Crippen MR) is 72.3 cm³/mol. The quantitative estimate of drug-likeness (QED) is 0.757. The van der Waals surface area contributed by atoms with Crippen molar-refractivity contribution in [1.82, 2.24) is 15.0 Å². The van der Waals surface area contributed by atoms with Gasteiger partial charge in [-0.2, -0.15) is 0 Å². The molecule has 0 radical (unpaired) electrons. The Bertz CT molecular complexity index is 765. The van der Waals surface area contributed by atoms with Crippen LogP contribution in [0.3, 0.4) is 0 Å². The van der Waals surface area contributed by atoms with Crippen molar-refractivity contribution < 1.29 is 0 Å². The molecule has 0 aliphatic carbocycles. The molecule has 0 aliphatic rings. The molecule has 2 N–H and O–H groups in total. The van der Waals surface area contributed by atoms with Gasteiger partial charge in [0, 0.05) is 21.0 Å². The van der Waals surface area contributed by atoms with Gasteiger partial charge >= 0.3 is 5.69 Å². The summed E-state index contributed by atoms with van der Waals surface area (Å²) in [5.41, 5.74) is 1.02. The summed E-state index contributed by atoms with van der Waals surface area (Å²) in [6.45, 7) is 0. The zero-order valence-electron chi connectivity index (χ0n) is 9.11. The predicted octanol–water partition coefficient (Wildman–Crippen LogP) is 3.06. The largest absolute Gasteiger partial charge is 0.325 e. The van der Waals surface area contributed by atoms with Gasteiger partial charge in [0.15, 0.2) is 5.65 Å². The molecule has 0 saturated carbocycles. The van der Waals surface area contributed by atoms with Crippen LogP contribution in [0.4, 0.5) is 0 Å². The van der Waals surface area contributed by atoms with Gasteiger partial charge in [-0.3, -0.25) is 4.98 Å². The Kier molecular flexibility index (Phi) is 2.85. The Hall–Kier alpha value is -1.72. The van der Waals surface area contributed by atoms with E-state index >= 15 is 0 Å². The third kappa shape index (κ3) is 2.27. The van der Waals surface area contributed by atoms with Crippen LogP contribution in [0.15, 0.2) is 51.1 Å². The van der Waals surface area contributed by atoms with Crippen LogP contribution in [0.1, 0.15) is 0 Å². The van der Waals surface area contributed by atoms with Crippen LogP contribution in [0.25, 0.3) is 11.2 Å². The molecule has 6 heteroatoms. The van der Waals surface area contributed by atoms with Crippen molar-refractivity contribution in [1.29, 1.82) is 0 Å². The number of rotatable bonds is 2. The summed E-state index contributed by atoms with van der Waals surface area (Å²) < 4.78 is 0. The minimum absolute atomic E-state index is 0.248. The average molecular weight is 278 g/mol. The van der Waals surface area contributed by atoms with Crippen LogP contribution >= 0.6 is 23.4 Å². The Labute approximate surface area is 111 Å². The summed E-state index contributed by atoms with van der Waals surface area (Å²) in [5.74, 6) is 0. The van der Waals surface area contributed by atoms with Gasteiger partial charge in [-0.15, -0.1) is 0 Å². The average Bonchev–Trinajstić information content (AvgIpc) is 2.68. The Morgan fingerprint density at radius 1 is 1.17 bits per heavy atom. The van der Waals surface area contributed by atoms with E-state index in [0.717, 1.165) is 9.79 Å². The molecular formula is C12H8ClN3OS. The van der Waals surface area contributed by atoms with E-state index in [0.29, 0.717) is 16.2 Å². The van der Waals surface area contributed by atoms with Gasteiger partial charge in [0.2, 0.25) is 0 Å². The summed E-state index contributed by atoms with van der Waals surface area (Å²) in [5, 5.41) is 0.698. The highest BCUT2D eigenvalue weighted by Crippen LogP contribution is 2.29. The second-order valence-corrected chi connectivity index (χ2v) is 5.29. The van der Waals surface area contributed by atoms with Crippen LogP contribution in [-0.2, 0) is 0 Å². The first-order chi connectivity index (χ1) is 8.70. The third-order valence-corrected chi connectivity index (χ3v) is 3.56. The van der Waals surface area contributed by atoms with Gasteiger partial charge in [-0.05, 0) is 24.3 Å². The van der Waals surface area contributed by atoms with Crippen LogP contribution in [0.5, 0.6) is 0 Å². The maximum Gasteiger partial charge on any atom is 0.325 e. The number of pyridine rings is 1. The molecule has 0 amide bonds. The molecule has 0 fully saturated rings. The maximum absolute atomic E-state index is 11.1. The first-order valence-electron chi connectivity index (χ1n) is 5.22. The van der Waals surface area contributed by atoms with Crippen molar-refractivity contribution in [2.45, 2.75) is 9.79 Å². The molecule has 0 unspecified atom stereocenters. The van der Waals surface area contributed by atoms with Gasteiger partial charge < -0.3 is 4.98 Å². The molecule has 0 spiro atoms. The second kappa shape index (κ2) is 4.51. The first-order valence-corrected chi connectivity index (χ1v) is 6.42. The number of hydrogen-bond donors (Lipinski definition) is 2. The molecule has 3 rings (SSSR count). The minimum atomic E-state index is -0.248. The van der Waals surface area contributed by atoms with Crippen molar-refractivity contribution in [3.05, 3.63) is 52.0 Å². The number of fused-ring (bicyclic) bond motifs is 1. The molecule has 18 heavy (non-hydrogen) atoms. The van der Waals surface area contributed by atoms with Gasteiger partial charge in [-0.1, -0.05) is 29.4 Å². The number of H-pyrrole nitrogens is 2. The van der Waals surface area contributed by atoms with Crippen LogP contribution in [0, 0.1) is 0 Å². The second-order valence-electron chi connectivity index (χ2n) is 3.71. The lowest BCUT2D eigenvalue weighted by Gasteiger charge is -2.01. The molecule has 1 aromatic carbocycles. The lowest BCUT2D eigenvalue weighted by atomic mass is 10.4. The number of hydrogen-bond acceptors (Lipinski definition) is 3. The third-order valence-electron chi connectivity index (χ3n) is 2.37. The Morgan fingerprint density at radius 3 is 2.89 bits per heavy atom. The van der Waals surface area contributed by atoms with E-state index in [2.05, 4.69) is 15.0 Å². The van der Waals surface area contributed by atoms with E-state index in [1.54, 1.807) is 18.0 Å². The molecule has 0 saturated heterocycles. The minimum Gasteiger partial charge on any atom is -0.304 e. The summed E-state index contributed by atoms with van der Waals surface area (Å²) in [6.07, 6.45) is 1.72. The van der Waals surface area contributed by atoms with Gasteiger partial charge in [0.05, 0.1) is 5.52 Å². The zero-order chi connectivity index (χ0) is 12.5. The van der Waals surface area contributed by atoms with Crippen molar-refractivity contribution in [3.8, 4) is 0 Å². The van der Waals surface area contributed by atoms with Crippen LogP contribution in [0.2, 0.25) is 5.02 Å². The van der Waals surface area contributed by atoms with Gasteiger partial charge in [0.1, 0.15) is 0 Å². The fourth-order valence-electron chi connectivity index (χ4n) is 1.62. The summed E-state index contributed by atoms with van der Waals surface area (Å²) in [7, 11) is 0. The summed E-state index contributed by atoms with van der Waals surface area (Å²) >= 11 is 7.47. The molecule has 0 atom stereocenters. The van der Waals surface area contributed by atoms with Crippen molar-refractivity contribution in [2.24, 2.45) is 0 Å². The van der Waals surface area contributed by atoms with E-state index in [9.17, 15) is 4.79 Å². The topological polar surface area (TPSA) is 61.5 Å². The van der Waals surface area contributed by atoms with Gasteiger partial charge in [0.25, 0.3) is 0 Å². The van der Waals surface area contributed by atoms with E-state index in [1.807, 2.05) is 30.3 Å². The molecule has 4 nitrogen and oxygen atoms in total. The smallest absolute Gasteiger partial charge is 0.304 e. The molecule has 90 valence electrons. The van der Waals surface area contributed by atoms with Crippen LogP contribution in [-0.4, -0.2) is 15.0 Å². The number of aromatic nitrogens is 3. The van der Waals surface area contributed by atoms with E-state index in [1.165, 1.54) is 0 Å². The first kappa shape index (κ1) is 11.4. The molecule has 0 aliphatic heterocycles. The fourth-order valence-corrected chi connectivity index (χ4v) is 2.77. The number of benzene rings is 1. The molecule has 2 heterocycles. The number of nitrogens with one attached hydrogen (secondary N) is 2. The molecule has 0 bridgehead atoms. The van der Waals surface area contributed by atoms with Crippen molar-refractivity contribution in [2.75, 3.05) is 0 Å². The van der Waals surface area contributed by atoms with Crippen molar-refractivity contribution in [3.63, 3.8) is 0 Å². The Morgan fingerprint density at radius 2 is 2.06 bits per heavy atom. The highest BCUT2D eigenvalue weighted by Gasteiger charge is 2.03. The van der Waals surface area contributed by atoms with E-state index in [-0.39, 0.29) is 5.69 Å². The maximum atomic E-state index is 11.1. The van der Waals surface area contributed by atoms with Crippen LogP contribution < -0.4 is 5.69 Å². The molecule has 3 aromatic rings. The van der Waals surface area contributed by atoms with E-state index in [4.69, 9.17) is 11.6 Å². The zero-order valence-corrected chi connectivity index (χ0v) is 10.7. The monoisotopic (exact) mass is 277 g/mol. The number of nitrogens with zero attached hydrogens (tertiary/aromatic N) is 1. The standard InChI is InChI=1S/C12H8ClN3OS/c13-7-2-1-3-8(4-7)18-9-5-10-11(14-6-9)16-12(17)15-10/h1-6H,(H2,14,15,16,17). The number of halogens is 1. The molecule has 2 aromatic heterocycles. The lowest BCUT2D eigenvalue weighted by Crippen LogP contribution is -1.99. The summed E-state index contributed by atoms with van der Waals surface area (Å²) in [4.78, 5) is 22.6. The van der Waals surface area contributed by atoms with Gasteiger partial charge in [-0.25, -0.2) is 9.78 Å². The number of imidazole rings is 1. The SMILES string of the molecule is O=c1[nH]c2cc(Sc3cccc(Cl)c3)cnc2[nH]1. The molecular weight excluding hydrogens is 270 g/mol. The summed E-state index contributed by atoms with van der Waals surface area (Å²) in [6, 6.07) is 9.47. The fraction of sp³-hybridized carbons (Fsp3) is 0.